The number of rotatable bonds is 3. The van der Waals surface area contributed by atoms with Gasteiger partial charge in [-0.2, -0.15) is 4.98 Å². The highest BCUT2D eigenvalue weighted by atomic mass is 16.2. The summed E-state index contributed by atoms with van der Waals surface area (Å²) in [6.45, 7) is 0. The van der Waals surface area contributed by atoms with Gasteiger partial charge in [0, 0.05) is 0 Å². The van der Waals surface area contributed by atoms with E-state index >= 15 is 0 Å². The van der Waals surface area contributed by atoms with Crippen LogP contribution in [-0.4, -0.2) is 27.0 Å². The van der Waals surface area contributed by atoms with Crippen LogP contribution in [0.4, 0.5) is 11.6 Å². The van der Waals surface area contributed by atoms with Crippen molar-refractivity contribution in [2.45, 2.75) is 0 Å². The molecule has 0 bridgehead atoms. The quantitative estimate of drug-likeness (QED) is 0.590. The lowest BCUT2D eigenvalue weighted by molar-refractivity contribution is 0.100. The van der Waals surface area contributed by atoms with Crippen molar-refractivity contribution in [2.75, 3.05) is 11.1 Å². The fourth-order valence-electron chi connectivity index (χ4n) is 1.36. The second-order valence-corrected chi connectivity index (χ2v) is 3.41. The van der Waals surface area contributed by atoms with Crippen LogP contribution in [-0.2, 0) is 0 Å². The fraction of sp³-hybridized carbons (Fsp3) is 0. The molecular formula is C10H10N6O2. The maximum absolute atomic E-state index is 11.7. The summed E-state index contributed by atoms with van der Waals surface area (Å²) in [5.41, 5.74) is 11.0. The van der Waals surface area contributed by atoms with E-state index in [0.717, 1.165) is 0 Å². The number of benzene rings is 1. The van der Waals surface area contributed by atoms with Crippen LogP contribution in [0.2, 0.25) is 0 Å². The van der Waals surface area contributed by atoms with Gasteiger partial charge >= 0.3 is 0 Å². The molecule has 0 aliphatic rings. The van der Waals surface area contributed by atoms with Crippen molar-refractivity contribution in [3.05, 3.63) is 35.7 Å². The first-order valence-electron chi connectivity index (χ1n) is 4.96. The number of hydrogen-bond donors (Lipinski definition) is 4. The van der Waals surface area contributed by atoms with Crippen molar-refractivity contribution >= 4 is 23.5 Å². The van der Waals surface area contributed by atoms with E-state index in [1.165, 1.54) is 6.07 Å². The molecule has 0 saturated heterocycles. The van der Waals surface area contributed by atoms with Gasteiger partial charge in [-0.1, -0.05) is 12.1 Å². The number of para-hydroxylation sites is 1. The normalized spacial score (nSPS) is 10.0. The van der Waals surface area contributed by atoms with Crippen molar-refractivity contribution in [3.8, 4) is 0 Å². The molecule has 0 saturated carbocycles. The van der Waals surface area contributed by atoms with Crippen molar-refractivity contribution in [1.29, 1.82) is 0 Å². The molecule has 6 N–H and O–H groups in total. The lowest BCUT2D eigenvalue weighted by atomic mass is 10.1. The van der Waals surface area contributed by atoms with Gasteiger partial charge in [0.1, 0.15) is 0 Å². The molecule has 2 amide bonds. The zero-order valence-corrected chi connectivity index (χ0v) is 9.18. The second kappa shape index (κ2) is 4.53. The molecule has 0 spiro atoms. The Bertz CT molecular complexity index is 606. The Morgan fingerprint density at radius 1 is 1.28 bits per heavy atom. The van der Waals surface area contributed by atoms with E-state index < -0.39 is 11.8 Å². The molecule has 92 valence electrons. The summed E-state index contributed by atoms with van der Waals surface area (Å²) in [6, 6.07) is 6.36. The van der Waals surface area contributed by atoms with E-state index in [9.17, 15) is 9.59 Å². The molecule has 1 aromatic heterocycles. The van der Waals surface area contributed by atoms with Gasteiger partial charge in [0.15, 0.2) is 0 Å². The third kappa shape index (κ3) is 2.26. The number of carbonyl (C=O) groups is 2. The molecule has 1 heterocycles. The average molecular weight is 246 g/mol. The van der Waals surface area contributed by atoms with E-state index in [2.05, 4.69) is 20.5 Å². The molecule has 0 aliphatic carbocycles. The van der Waals surface area contributed by atoms with Gasteiger partial charge < -0.3 is 16.8 Å². The van der Waals surface area contributed by atoms with Crippen molar-refractivity contribution in [1.82, 2.24) is 15.2 Å². The standard InChI is InChI=1S/C10H10N6O2/c11-7(17)5-3-1-2-4-6(5)13-9(18)8-14-10(12)16-15-8/h1-4H,(H2,11,17)(H,13,18)(H3,12,14,15,16). The minimum Gasteiger partial charge on any atom is -0.366 e. The Balaban J connectivity index is 2.24. The molecule has 0 atom stereocenters. The number of H-pyrrole nitrogens is 1. The second-order valence-electron chi connectivity index (χ2n) is 3.41. The van der Waals surface area contributed by atoms with Crippen LogP contribution in [0.3, 0.4) is 0 Å². The van der Waals surface area contributed by atoms with Crippen molar-refractivity contribution < 1.29 is 9.59 Å². The predicted molar refractivity (Wildman–Crippen MR) is 63.7 cm³/mol. The molecule has 1 aromatic carbocycles. The highest BCUT2D eigenvalue weighted by Gasteiger charge is 2.14. The van der Waals surface area contributed by atoms with E-state index in [-0.39, 0.29) is 17.3 Å². The molecule has 0 aliphatic heterocycles. The molecule has 2 rings (SSSR count). The number of nitrogens with zero attached hydrogens (tertiary/aromatic N) is 2. The van der Waals surface area contributed by atoms with Gasteiger partial charge in [-0.3, -0.25) is 14.7 Å². The summed E-state index contributed by atoms with van der Waals surface area (Å²) in [4.78, 5) is 26.6. The summed E-state index contributed by atoms with van der Waals surface area (Å²) in [6.07, 6.45) is 0. The summed E-state index contributed by atoms with van der Waals surface area (Å²) in [7, 11) is 0. The Labute approximate surface area is 101 Å². The van der Waals surface area contributed by atoms with Gasteiger partial charge in [-0.15, -0.1) is 5.10 Å². The highest BCUT2D eigenvalue weighted by Crippen LogP contribution is 2.14. The van der Waals surface area contributed by atoms with Gasteiger partial charge in [0.05, 0.1) is 11.3 Å². The smallest absolute Gasteiger partial charge is 0.293 e. The lowest BCUT2D eigenvalue weighted by Crippen LogP contribution is -2.19. The van der Waals surface area contributed by atoms with Gasteiger partial charge in [-0.05, 0) is 12.1 Å². The largest absolute Gasteiger partial charge is 0.366 e. The monoisotopic (exact) mass is 246 g/mol. The number of anilines is 2. The van der Waals surface area contributed by atoms with E-state index in [4.69, 9.17) is 11.5 Å². The number of hydrogen-bond acceptors (Lipinski definition) is 5. The van der Waals surface area contributed by atoms with Gasteiger partial charge in [0.25, 0.3) is 11.8 Å². The Hall–Kier alpha value is -2.90. The zero-order chi connectivity index (χ0) is 13.1. The number of nitrogen functional groups attached to an aromatic ring is 1. The van der Waals surface area contributed by atoms with E-state index in [1.807, 2.05) is 0 Å². The van der Waals surface area contributed by atoms with Crippen LogP contribution >= 0.6 is 0 Å². The molecule has 0 unspecified atom stereocenters. The lowest BCUT2D eigenvalue weighted by Gasteiger charge is -2.06. The minimum absolute atomic E-state index is 0.0386. The van der Waals surface area contributed by atoms with Crippen LogP contribution < -0.4 is 16.8 Å². The van der Waals surface area contributed by atoms with E-state index in [1.54, 1.807) is 18.2 Å². The van der Waals surface area contributed by atoms with Crippen LogP contribution in [0.25, 0.3) is 0 Å². The first-order chi connectivity index (χ1) is 8.58. The maximum Gasteiger partial charge on any atom is 0.293 e. The molecule has 0 radical (unpaired) electrons. The summed E-state index contributed by atoms with van der Waals surface area (Å²) in [5, 5.41) is 8.38. The number of amides is 2. The molecular weight excluding hydrogens is 236 g/mol. The maximum atomic E-state index is 11.7. The van der Waals surface area contributed by atoms with Gasteiger partial charge in [0.2, 0.25) is 11.8 Å². The number of aromatic amines is 1. The van der Waals surface area contributed by atoms with Gasteiger partial charge in [-0.25, -0.2) is 0 Å². The minimum atomic E-state index is -0.636. The first-order valence-corrected chi connectivity index (χ1v) is 4.96. The van der Waals surface area contributed by atoms with Crippen LogP contribution in [0.1, 0.15) is 21.0 Å². The van der Waals surface area contributed by atoms with Crippen LogP contribution in [0, 0.1) is 0 Å². The summed E-state index contributed by atoms with van der Waals surface area (Å²) < 4.78 is 0. The van der Waals surface area contributed by atoms with Crippen molar-refractivity contribution in [2.24, 2.45) is 5.73 Å². The molecule has 8 heteroatoms. The molecule has 8 nitrogen and oxygen atoms in total. The summed E-state index contributed by atoms with van der Waals surface area (Å²) in [5.74, 6) is -1.29. The molecule has 18 heavy (non-hydrogen) atoms. The van der Waals surface area contributed by atoms with Crippen molar-refractivity contribution in [3.63, 3.8) is 0 Å². The highest BCUT2D eigenvalue weighted by molar-refractivity contribution is 6.07. The van der Waals surface area contributed by atoms with E-state index in [0.29, 0.717) is 5.69 Å². The molecule has 2 aromatic rings. The fourth-order valence-corrected chi connectivity index (χ4v) is 1.36. The number of nitrogens with one attached hydrogen (secondary N) is 2. The third-order valence-electron chi connectivity index (χ3n) is 2.16. The Kier molecular flexibility index (Phi) is 2.92. The number of carbonyl (C=O) groups excluding carboxylic acids is 2. The average Bonchev–Trinajstić information content (AvgIpc) is 2.76. The topological polar surface area (TPSA) is 140 Å². The predicted octanol–water partition coefficient (Wildman–Crippen LogP) is -0.262. The van der Waals surface area contributed by atoms with Crippen LogP contribution in [0.5, 0.6) is 0 Å². The summed E-state index contributed by atoms with van der Waals surface area (Å²) >= 11 is 0. The zero-order valence-electron chi connectivity index (χ0n) is 9.18. The number of nitrogens with two attached hydrogens (primary N) is 2. The Morgan fingerprint density at radius 3 is 2.61 bits per heavy atom. The Morgan fingerprint density at radius 2 is 2.00 bits per heavy atom. The number of primary amides is 1. The SMILES string of the molecule is NC(=O)c1ccccc1NC(=O)c1nc(N)n[nH]1. The number of aromatic nitrogens is 3. The van der Waals surface area contributed by atoms with Crippen LogP contribution in [0.15, 0.2) is 24.3 Å². The third-order valence-corrected chi connectivity index (χ3v) is 2.16. The molecule has 0 fully saturated rings. The first kappa shape index (κ1) is 11.6.